The highest BCUT2D eigenvalue weighted by Gasteiger charge is 2.14. The zero-order valence-corrected chi connectivity index (χ0v) is 18.5. The smallest absolute Gasteiger partial charge is 0.329 e. The molecular formula is C21H22Cl2N4O4. The average Bonchev–Trinajstić information content (AvgIpc) is 2.76. The molecule has 31 heavy (non-hydrogen) atoms. The Morgan fingerprint density at radius 2 is 1.84 bits per heavy atom. The third-order valence-corrected chi connectivity index (χ3v) is 4.89. The summed E-state index contributed by atoms with van der Waals surface area (Å²) in [4.78, 5) is 35.7. The number of ether oxygens (including phenoxy) is 1. The lowest BCUT2D eigenvalue weighted by atomic mass is 10.2. The van der Waals surface area contributed by atoms with E-state index in [0.717, 1.165) is 0 Å². The largest absolute Gasteiger partial charge is 0.483 e. The van der Waals surface area contributed by atoms with Gasteiger partial charge >= 0.3 is 11.8 Å². The molecule has 0 aliphatic heterocycles. The van der Waals surface area contributed by atoms with Crippen molar-refractivity contribution in [2.75, 3.05) is 11.9 Å². The Morgan fingerprint density at radius 3 is 2.58 bits per heavy atom. The molecule has 0 radical (unpaired) electrons. The molecule has 0 aliphatic carbocycles. The maximum Gasteiger partial charge on any atom is 0.329 e. The third-order valence-electron chi connectivity index (χ3n) is 4.07. The van der Waals surface area contributed by atoms with Crippen molar-refractivity contribution in [1.82, 2.24) is 10.7 Å². The molecule has 1 atom stereocenters. The van der Waals surface area contributed by atoms with Crippen LogP contribution in [0.2, 0.25) is 10.0 Å². The van der Waals surface area contributed by atoms with Crippen molar-refractivity contribution < 1.29 is 19.1 Å². The molecule has 3 N–H and O–H groups in total. The molecular weight excluding hydrogens is 443 g/mol. The lowest BCUT2D eigenvalue weighted by Gasteiger charge is -2.11. The minimum Gasteiger partial charge on any atom is -0.483 e. The Kier molecular flexibility index (Phi) is 9.30. The van der Waals surface area contributed by atoms with Crippen molar-refractivity contribution in [2.45, 2.75) is 26.3 Å². The van der Waals surface area contributed by atoms with Gasteiger partial charge in [0.1, 0.15) is 5.75 Å². The van der Waals surface area contributed by atoms with Gasteiger partial charge in [0.2, 0.25) is 0 Å². The van der Waals surface area contributed by atoms with E-state index in [0.29, 0.717) is 28.4 Å². The number of carbonyl (C=O) groups is 3. The van der Waals surface area contributed by atoms with Gasteiger partial charge in [-0.3, -0.25) is 14.4 Å². The molecule has 164 valence electrons. The van der Waals surface area contributed by atoms with Crippen LogP contribution in [0.5, 0.6) is 5.75 Å². The lowest BCUT2D eigenvalue weighted by Crippen LogP contribution is -2.41. The van der Waals surface area contributed by atoms with Gasteiger partial charge in [-0.05, 0) is 37.6 Å². The molecule has 0 aliphatic rings. The van der Waals surface area contributed by atoms with E-state index in [-0.39, 0.29) is 17.7 Å². The minimum atomic E-state index is -0.882. The molecule has 8 nitrogen and oxygen atoms in total. The van der Waals surface area contributed by atoms with E-state index < -0.39 is 17.7 Å². The molecule has 2 aromatic carbocycles. The topological polar surface area (TPSA) is 109 Å². The summed E-state index contributed by atoms with van der Waals surface area (Å²) in [7, 11) is 0. The van der Waals surface area contributed by atoms with Crippen LogP contribution < -0.4 is 20.8 Å². The van der Waals surface area contributed by atoms with Crippen molar-refractivity contribution >= 4 is 52.8 Å². The second-order valence-electron chi connectivity index (χ2n) is 6.46. The highest BCUT2D eigenvalue weighted by atomic mass is 35.5. The van der Waals surface area contributed by atoms with Crippen molar-refractivity contribution in [3.8, 4) is 5.75 Å². The maximum absolute atomic E-state index is 12.2. The number of nitrogens with zero attached hydrogens (tertiary/aromatic N) is 1. The molecule has 10 heteroatoms. The number of benzene rings is 2. The number of hydrazone groups is 1. The molecule has 0 aromatic heterocycles. The number of amides is 3. The van der Waals surface area contributed by atoms with Crippen LogP contribution in [0.3, 0.4) is 0 Å². The molecule has 0 unspecified atom stereocenters. The fourth-order valence-corrected chi connectivity index (χ4v) is 2.60. The number of halogens is 2. The normalized spacial score (nSPS) is 11.6. The highest BCUT2D eigenvalue weighted by molar-refractivity contribution is 6.44. The Balaban J connectivity index is 1.93. The number of para-hydroxylation sites is 1. The van der Waals surface area contributed by atoms with Crippen LogP contribution in [0.15, 0.2) is 47.6 Å². The van der Waals surface area contributed by atoms with Gasteiger partial charge in [-0.2, -0.15) is 5.10 Å². The summed E-state index contributed by atoms with van der Waals surface area (Å²) >= 11 is 12.0. The Morgan fingerprint density at radius 1 is 1.10 bits per heavy atom. The van der Waals surface area contributed by atoms with E-state index in [9.17, 15) is 14.4 Å². The van der Waals surface area contributed by atoms with E-state index in [4.69, 9.17) is 27.9 Å². The number of hydrogen-bond donors (Lipinski definition) is 3. The van der Waals surface area contributed by atoms with Crippen molar-refractivity contribution in [1.29, 1.82) is 0 Å². The fourth-order valence-electron chi connectivity index (χ4n) is 2.25. The number of rotatable bonds is 8. The monoisotopic (exact) mass is 464 g/mol. The van der Waals surface area contributed by atoms with Crippen LogP contribution >= 0.6 is 23.2 Å². The quantitative estimate of drug-likeness (QED) is 0.316. The van der Waals surface area contributed by atoms with Crippen molar-refractivity contribution in [2.24, 2.45) is 5.10 Å². The molecule has 0 saturated heterocycles. The molecule has 0 spiro atoms. The van der Waals surface area contributed by atoms with Gasteiger partial charge in [-0.25, -0.2) is 5.43 Å². The van der Waals surface area contributed by atoms with Crippen LogP contribution in [0.25, 0.3) is 0 Å². The first-order valence-electron chi connectivity index (χ1n) is 9.41. The van der Waals surface area contributed by atoms with Gasteiger partial charge in [-0.1, -0.05) is 48.3 Å². The standard InChI is InChI=1S/C21H22Cl2N4O4/c1-3-13(2)25-20(29)21(30)27-24-11-14-7-4-5-10-17(14)31-12-18(28)26-16-9-6-8-15(22)19(16)23/h4-11,13H,3,12H2,1-2H3,(H,25,29)(H,26,28)(H,27,30)/b24-11-/t13-/m1/s1. The summed E-state index contributed by atoms with van der Waals surface area (Å²) in [5.74, 6) is -1.73. The Hall–Kier alpha value is -3.10. The first-order chi connectivity index (χ1) is 14.8. The van der Waals surface area contributed by atoms with Gasteiger partial charge in [0.25, 0.3) is 5.91 Å². The number of hydrogen-bond acceptors (Lipinski definition) is 5. The second-order valence-corrected chi connectivity index (χ2v) is 7.24. The van der Waals surface area contributed by atoms with Crippen LogP contribution in [-0.4, -0.2) is 36.6 Å². The summed E-state index contributed by atoms with van der Waals surface area (Å²) in [6.07, 6.45) is 2.01. The predicted molar refractivity (Wildman–Crippen MR) is 121 cm³/mol. The van der Waals surface area contributed by atoms with Gasteiger partial charge in [0.05, 0.1) is 21.9 Å². The average molecular weight is 465 g/mol. The molecule has 0 heterocycles. The van der Waals surface area contributed by atoms with E-state index in [2.05, 4.69) is 21.2 Å². The van der Waals surface area contributed by atoms with E-state index >= 15 is 0 Å². The summed E-state index contributed by atoms with van der Waals surface area (Å²) in [5.41, 5.74) is 3.02. The van der Waals surface area contributed by atoms with Crippen LogP contribution in [-0.2, 0) is 14.4 Å². The van der Waals surface area contributed by atoms with Gasteiger partial charge < -0.3 is 15.4 Å². The fraction of sp³-hybridized carbons (Fsp3) is 0.238. The van der Waals surface area contributed by atoms with Crippen LogP contribution in [0.4, 0.5) is 5.69 Å². The molecule has 2 rings (SSSR count). The van der Waals surface area contributed by atoms with Crippen LogP contribution in [0, 0.1) is 0 Å². The molecule has 0 saturated carbocycles. The van der Waals surface area contributed by atoms with Crippen LogP contribution in [0.1, 0.15) is 25.8 Å². The number of carbonyl (C=O) groups excluding carboxylic acids is 3. The predicted octanol–water partition coefficient (Wildman–Crippen LogP) is 3.38. The van der Waals surface area contributed by atoms with Crippen molar-refractivity contribution in [3.05, 3.63) is 58.1 Å². The second kappa shape index (κ2) is 11.9. The molecule has 3 amide bonds. The van der Waals surface area contributed by atoms with E-state index in [1.165, 1.54) is 6.21 Å². The molecule has 2 aromatic rings. The zero-order valence-electron chi connectivity index (χ0n) is 16.9. The van der Waals surface area contributed by atoms with Crippen molar-refractivity contribution in [3.63, 3.8) is 0 Å². The zero-order chi connectivity index (χ0) is 22.8. The van der Waals surface area contributed by atoms with E-state index in [1.807, 2.05) is 6.92 Å². The Labute approximate surface area is 189 Å². The van der Waals surface area contributed by atoms with Gasteiger partial charge in [-0.15, -0.1) is 0 Å². The minimum absolute atomic E-state index is 0.121. The lowest BCUT2D eigenvalue weighted by molar-refractivity contribution is -0.139. The molecule has 0 fully saturated rings. The highest BCUT2D eigenvalue weighted by Crippen LogP contribution is 2.29. The third kappa shape index (κ3) is 7.58. The summed E-state index contributed by atoms with van der Waals surface area (Å²) in [5, 5.41) is 9.48. The van der Waals surface area contributed by atoms with Gasteiger partial charge in [0.15, 0.2) is 6.61 Å². The SMILES string of the molecule is CC[C@@H](C)NC(=O)C(=O)N/N=C\c1ccccc1OCC(=O)Nc1cccc(Cl)c1Cl. The number of nitrogens with one attached hydrogen (secondary N) is 3. The summed E-state index contributed by atoms with van der Waals surface area (Å²) < 4.78 is 5.54. The van der Waals surface area contributed by atoms with Gasteiger partial charge in [0, 0.05) is 11.6 Å². The first-order valence-corrected chi connectivity index (χ1v) is 10.2. The molecule has 0 bridgehead atoms. The summed E-state index contributed by atoms with van der Waals surface area (Å²) in [6, 6.07) is 11.5. The maximum atomic E-state index is 12.2. The van der Waals surface area contributed by atoms with E-state index in [1.54, 1.807) is 49.4 Å². The Bertz CT molecular complexity index is 982. The first kappa shape index (κ1) is 24.2. The summed E-state index contributed by atoms with van der Waals surface area (Å²) in [6.45, 7) is 3.39. The number of anilines is 1.